The lowest BCUT2D eigenvalue weighted by molar-refractivity contribution is 0.660. The van der Waals surface area contributed by atoms with Crippen molar-refractivity contribution in [1.82, 2.24) is 9.97 Å². The predicted molar refractivity (Wildman–Crippen MR) is 204 cm³/mol. The molecule has 0 N–H and O–H groups in total. The van der Waals surface area contributed by atoms with Gasteiger partial charge in [0.1, 0.15) is 0 Å². The van der Waals surface area contributed by atoms with Gasteiger partial charge in [-0.3, -0.25) is 0 Å². The number of rotatable bonds is 5. The highest BCUT2D eigenvalue weighted by Gasteiger charge is 2.36. The molecule has 49 heavy (non-hydrogen) atoms. The number of benzene rings is 7. The molecular weight excluding hydrogens is 593 g/mol. The monoisotopic (exact) mass is 626 g/mol. The summed E-state index contributed by atoms with van der Waals surface area (Å²) in [4.78, 5) is 10.1. The molecule has 1 aliphatic carbocycles. The van der Waals surface area contributed by atoms with Crippen molar-refractivity contribution in [1.29, 1.82) is 0 Å². The molecule has 2 heteroatoms. The molecule has 232 valence electrons. The summed E-state index contributed by atoms with van der Waals surface area (Å²) >= 11 is 0. The Kier molecular flexibility index (Phi) is 6.84. The lowest BCUT2D eigenvalue weighted by Gasteiger charge is -2.23. The molecule has 0 fully saturated rings. The average Bonchev–Trinajstić information content (AvgIpc) is 3.40. The number of hydrogen-bond acceptors (Lipinski definition) is 2. The summed E-state index contributed by atoms with van der Waals surface area (Å²) in [5.41, 5.74) is 15.1. The van der Waals surface area contributed by atoms with Crippen LogP contribution in [0.2, 0.25) is 0 Å². The van der Waals surface area contributed by atoms with Gasteiger partial charge in [0.2, 0.25) is 0 Å². The maximum Gasteiger partial charge on any atom is 0.160 e. The average molecular weight is 627 g/mol. The van der Waals surface area contributed by atoms with Crippen LogP contribution >= 0.6 is 0 Å². The summed E-state index contributed by atoms with van der Waals surface area (Å²) in [6.45, 7) is 4.70. The molecule has 0 spiro atoms. The molecule has 0 radical (unpaired) electrons. The molecule has 0 saturated heterocycles. The Balaban J connectivity index is 1.20. The number of nitrogens with zero attached hydrogens (tertiary/aromatic N) is 2. The van der Waals surface area contributed by atoms with Gasteiger partial charge in [-0.25, -0.2) is 9.97 Å². The quantitative estimate of drug-likeness (QED) is 0.190. The molecule has 1 aliphatic rings. The van der Waals surface area contributed by atoms with Crippen LogP contribution in [0, 0.1) is 0 Å². The zero-order valence-corrected chi connectivity index (χ0v) is 27.6. The van der Waals surface area contributed by atoms with Crippen LogP contribution in [0.25, 0.3) is 78.1 Å². The molecule has 9 rings (SSSR count). The standard InChI is InChI=1S/C47H34N2/c1-47(2)42-20-12-11-19-38(42)41-28-39(37-26-21-31-13-9-10-18-36(31)27-37)40(29-43(41)47)32-22-24-34(25-23-32)45-30-44(33-14-5-3-6-15-33)48-46(49-45)35-16-7-4-8-17-35/h3-30H,1-2H3. The van der Waals surface area contributed by atoms with E-state index in [1.165, 1.54) is 55.3 Å². The molecule has 7 aromatic carbocycles. The zero-order valence-electron chi connectivity index (χ0n) is 27.6. The van der Waals surface area contributed by atoms with Gasteiger partial charge in [-0.2, -0.15) is 0 Å². The van der Waals surface area contributed by atoms with Crippen LogP contribution in [0.3, 0.4) is 0 Å². The van der Waals surface area contributed by atoms with Crippen molar-refractivity contribution >= 4 is 10.8 Å². The van der Waals surface area contributed by atoms with Gasteiger partial charge in [-0.15, -0.1) is 0 Å². The Morgan fingerprint density at radius 3 is 1.63 bits per heavy atom. The van der Waals surface area contributed by atoms with Gasteiger partial charge < -0.3 is 0 Å². The summed E-state index contributed by atoms with van der Waals surface area (Å²) in [5, 5.41) is 2.49. The number of hydrogen-bond donors (Lipinski definition) is 0. The molecule has 2 nitrogen and oxygen atoms in total. The van der Waals surface area contributed by atoms with Crippen LogP contribution in [-0.4, -0.2) is 9.97 Å². The van der Waals surface area contributed by atoms with E-state index in [0.29, 0.717) is 0 Å². The minimum Gasteiger partial charge on any atom is -0.228 e. The highest BCUT2D eigenvalue weighted by Crippen LogP contribution is 2.52. The van der Waals surface area contributed by atoms with Crippen LogP contribution in [0.1, 0.15) is 25.0 Å². The number of fused-ring (bicyclic) bond motifs is 4. The van der Waals surface area contributed by atoms with E-state index >= 15 is 0 Å². The van der Waals surface area contributed by atoms with Crippen LogP contribution in [-0.2, 0) is 5.41 Å². The maximum absolute atomic E-state index is 5.07. The van der Waals surface area contributed by atoms with E-state index < -0.39 is 0 Å². The second-order valence-electron chi connectivity index (χ2n) is 13.4. The van der Waals surface area contributed by atoms with Gasteiger partial charge in [-0.1, -0.05) is 159 Å². The fraction of sp³-hybridized carbons (Fsp3) is 0.0638. The summed E-state index contributed by atoms with van der Waals surface area (Å²) in [6, 6.07) is 60.8. The largest absolute Gasteiger partial charge is 0.228 e. The van der Waals surface area contributed by atoms with Crippen molar-refractivity contribution in [2.24, 2.45) is 0 Å². The highest BCUT2D eigenvalue weighted by atomic mass is 14.9. The molecule has 1 aromatic heterocycles. The maximum atomic E-state index is 5.07. The van der Waals surface area contributed by atoms with Crippen LogP contribution in [0.4, 0.5) is 0 Å². The Morgan fingerprint density at radius 1 is 0.347 bits per heavy atom. The summed E-state index contributed by atoms with van der Waals surface area (Å²) in [7, 11) is 0. The first kappa shape index (κ1) is 29.1. The molecule has 0 saturated carbocycles. The Hall–Kier alpha value is -6.12. The van der Waals surface area contributed by atoms with E-state index in [2.05, 4.69) is 159 Å². The van der Waals surface area contributed by atoms with E-state index in [4.69, 9.17) is 9.97 Å². The lowest BCUT2D eigenvalue weighted by atomic mass is 9.80. The number of aromatic nitrogens is 2. The lowest BCUT2D eigenvalue weighted by Crippen LogP contribution is -2.15. The molecule has 0 atom stereocenters. The Labute approximate surface area is 287 Å². The van der Waals surface area contributed by atoms with Crippen LogP contribution in [0.15, 0.2) is 170 Å². The summed E-state index contributed by atoms with van der Waals surface area (Å²) in [6.07, 6.45) is 0. The first-order chi connectivity index (χ1) is 24.0. The smallest absolute Gasteiger partial charge is 0.160 e. The van der Waals surface area contributed by atoms with Gasteiger partial charge in [0, 0.05) is 22.1 Å². The molecule has 0 amide bonds. The topological polar surface area (TPSA) is 25.8 Å². The molecule has 0 bridgehead atoms. The summed E-state index contributed by atoms with van der Waals surface area (Å²) in [5.74, 6) is 0.722. The second kappa shape index (κ2) is 11.5. The third-order valence-electron chi connectivity index (χ3n) is 10.1. The zero-order chi connectivity index (χ0) is 33.0. The second-order valence-corrected chi connectivity index (χ2v) is 13.4. The Morgan fingerprint density at radius 2 is 0.898 bits per heavy atom. The SMILES string of the molecule is CC1(C)c2ccccc2-c2cc(-c3ccc4ccccc4c3)c(-c3ccc(-c4cc(-c5ccccc5)nc(-c5ccccc5)n4)cc3)cc21. The molecule has 8 aromatic rings. The van der Waals surface area contributed by atoms with Gasteiger partial charge in [0.15, 0.2) is 5.82 Å². The highest BCUT2D eigenvalue weighted by molar-refractivity contribution is 5.96. The van der Waals surface area contributed by atoms with E-state index in [1.807, 2.05) is 24.3 Å². The predicted octanol–water partition coefficient (Wildman–Crippen LogP) is 12.3. The first-order valence-electron chi connectivity index (χ1n) is 16.9. The van der Waals surface area contributed by atoms with Crippen LogP contribution < -0.4 is 0 Å². The minimum absolute atomic E-state index is 0.0921. The molecule has 0 aliphatic heterocycles. The van der Waals surface area contributed by atoms with Crippen molar-refractivity contribution < 1.29 is 0 Å². The fourth-order valence-corrected chi connectivity index (χ4v) is 7.47. The van der Waals surface area contributed by atoms with Gasteiger partial charge in [0.25, 0.3) is 0 Å². The molecule has 1 heterocycles. The Bertz CT molecular complexity index is 2440. The van der Waals surface area contributed by atoms with Crippen molar-refractivity contribution in [3.8, 4) is 67.3 Å². The van der Waals surface area contributed by atoms with E-state index in [9.17, 15) is 0 Å². The first-order valence-corrected chi connectivity index (χ1v) is 16.9. The molecule has 0 unspecified atom stereocenters. The van der Waals surface area contributed by atoms with Gasteiger partial charge in [-0.05, 0) is 79.5 Å². The van der Waals surface area contributed by atoms with E-state index in [-0.39, 0.29) is 5.41 Å². The van der Waals surface area contributed by atoms with Crippen molar-refractivity contribution in [2.75, 3.05) is 0 Å². The van der Waals surface area contributed by atoms with E-state index in [1.54, 1.807) is 0 Å². The summed E-state index contributed by atoms with van der Waals surface area (Å²) < 4.78 is 0. The third-order valence-corrected chi connectivity index (χ3v) is 10.1. The van der Waals surface area contributed by atoms with Gasteiger partial charge in [0.05, 0.1) is 11.4 Å². The normalized spacial score (nSPS) is 12.9. The van der Waals surface area contributed by atoms with Crippen molar-refractivity contribution in [3.05, 3.63) is 181 Å². The van der Waals surface area contributed by atoms with E-state index in [0.717, 1.165) is 33.9 Å². The van der Waals surface area contributed by atoms with Gasteiger partial charge >= 0.3 is 0 Å². The van der Waals surface area contributed by atoms with Crippen molar-refractivity contribution in [3.63, 3.8) is 0 Å². The minimum atomic E-state index is -0.0921. The fourth-order valence-electron chi connectivity index (χ4n) is 7.47. The van der Waals surface area contributed by atoms with Crippen molar-refractivity contribution in [2.45, 2.75) is 19.3 Å². The molecular formula is C47H34N2. The van der Waals surface area contributed by atoms with Crippen LogP contribution in [0.5, 0.6) is 0 Å². The third kappa shape index (κ3) is 5.05.